The van der Waals surface area contributed by atoms with E-state index >= 15 is 0 Å². The summed E-state index contributed by atoms with van der Waals surface area (Å²) in [7, 11) is 0. The first-order chi connectivity index (χ1) is 8.04. The molecule has 5 heteroatoms. The Bertz CT molecular complexity index is 401. The Morgan fingerprint density at radius 1 is 1.47 bits per heavy atom. The van der Waals surface area contributed by atoms with Gasteiger partial charge in [0.2, 0.25) is 0 Å². The average Bonchev–Trinajstić information content (AvgIpc) is 2.30. The number of carbonyl (C=O) groups excluding carboxylic acids is 2. The lowest BCUT2D eigenvalue weighted by atomic mass is 10.2. The van der Waals surface area contributed by atoms with E-state index in [2.05, 4.69) is 10.3 Å². The van der Waals surface area contributed by atoms with Gasteiger partial charge >= 0.3 is 5.97 Å². The number of pyridine rings is 1. The van der Waals surface area contributed by atoms with Gasteiger partial charge < -0.3 is 10.1 Å². The van der Waals surface area contributed by atoms with Gasteiger partial charge in [0.25, 0.3) is 5.91 Å². The monoisotopic (exact) mass is 236 g/mol. The lowest BCUT2D eigenvalue weighted by molar-refractivity contribution is -0.144. The molecule has 0 saturated carbocycles. The van der Waals surface area contributed by atoms with Crippen molar-refractivity contribution in [2.45, 2.75) is 26.8 Å². The largest absolute Gasteiger partial charge is 0.464 e. The van der Waals surface area contributed by atoms with Crippen LogP contribution in [0.2, 0.25) is 0 Å². The number of hydrogen-bond acceptors (Lipinski definition) is 4. The van der Waals surface area contributed by atoms with Gasteiger partial charge in [-0.15, -0.1) is 0 Å². The van der Waals surface area contributed by atoms with Crippen LogP contribution in [0.4, 0.5) is 0 Å². The zero-order valence-electron chi connectivity index (χ0n) is 10.2. The van der Waals surface area contributed by atoms with Gasteiger partial charge in [-0.1, -0.05) is 0 Å². The molecule has 1 atom stereocenters. The fraction of sp³-hybridized carbons (Fsp3) is 0.417. The number of rotatable bonds is 4. The van der Waals surface area contributed by atoms with Crippen LogP contribution in [0.25, 0.3) is 0 Å². The van der Waals surface area contributed by atoms with E-state index in [0.29, 0.717) is 12.2 Å². The van der Waals surface area contributed by atoms with Crippen LogP contribution in [0.3, 0.4) is 0 Å². The van der Waals surface area contributed by atoms with Crippen LogP contribution < -0.4 is 5.32 Å². The highest BCUT2D eigenvalue weighted by Gasteiger charge is 2.17. The van der Waals surface area contributed by atoms with Crippen molar-refractivity contribution in [3.05, 3.63) is 29.6 Å². The smallest absolute Gasteiger partial charge is 0.328 e. The highest BCUT2D eigenvalue weighted by molar-refractivity contribution is 5.96. The molecule has 1 unspecified atom stereocenters. The number of carbonyl (C=O) groups is 2. The van der Waals surface area contributed by atoms with Crippen LogP contribution >= 0.6 is 0 Å². The van der Waals surface area contributed by atoms with Crippen molar-refractivity contribution in [1.82, 2.24) is 10.3 Å². The fourth-order valence-corrected chi connectivity index (χ4v) is 1.21. The van der Waals surface area contributed by atoms with E-state index in [-0.39, 0.29) is 5.91 Å². The maximum absolute atomic E-state index is 11.7. The van der Waals surface area contributed by atoms with E-state index in [0.717, 1.165) is 5.69 Å². The van der Waals surface area contributed by atoms with Gasteiger partial charge in [0.15, 0.2) is 0 Å². The molecule has 0 aromatic carbocycles. The number of nitrogens with zero attached hydrogens (tertiary/aromatic N) is 1. The van der Waals surface area contributed by atoms with Crippen molar-refractivity contribution in [2.24, 2.45) is 0 Å². The van der Waals surface area contributed by atoms with E-state index in [4.69, 9.17) is 4.74 Å². The quantitative estimate of drug-likeness (QED) is 0.794. The molecule has 0 saturated heterocycles. The van der Waals surface area contributed by atoms with Gasteiger partial charge in [0, 0.05) is 11.9 Å². The Morgan fingerprint density at radius 3 is 2.71 bits per heavy atom. The van der Waals surface area contributed by atoms with Gasteiger partial charge in [-0.2, -0.15) is 0 Å². The molecule has 1 amide bonds. The lowest BCUT2D eigenvalue weighted by Gasteiger charge is -2.12. The topological polar surface area (TPSA) is 68.3 Å². The highest BCUT2D eigenvalue weighted by Crippen LogP contribution is 2.00. The lowest BCUT2D eigenvalue weighted by Crippen LogP contribution is -2.39. The Kier molecular flexibility index (Phi) is 4.63. The average molecular weight is 236 g/mol. The van der Waals surface area contributed by atoms with Crippen LogP contribution in [0.15, 0.2) is 18.3 Å². The van der Waals surface area contributed by atoms with Crippen LogP contribution in [-0.2, 0) is 9.53 Å². The van der Waals surface area contributed by atoms with Gasteiger partial charge in [-0.3, -0.25) is 9.78 Å². The molecule has 1 heterocycles. The maximum atomic E-state index is 11.7. The zero-order chi connectivity index (χ0) is 12.8. The molecule has 1 aromatic rings. The number of hydrogen-bond donors (Lipinski definition) is 1. The number of ether oxygens (including phenoxy) is 1. The van der Waals surface area contributed by atoms with Crippen molar-refractivity contribution in [2.75, 3.05) is 6.61 Å². The number of esters is 1. The Balaban J connectivity index is 2.60. The predicted octanol–water partition coefficient (Wildman–Crippen LogP) is 1.07. The molecule has 92 valence electrons. The molecule has 0 aliphatic heterocycles. The minimum Gasteiger partial charge on any atom is -0.464 e. The fourth-order valence-electron chi connectivity index (χ4n) is 1.21. The number of nitrogens with one attached hydrogen (secondary N) is 1. The molecule has 0 aliphatic rings. The van der Waals surface area contributed by atoms with Crippen molar-refractivity contribution in [1.29, 1.82) is 0 Å². The molecule has 0 fully saturated rings. The molecule has 17 heavy (non-hydrogen) atoms. The van der Waals surface area contributed by atoms with E-state index in [1.165, 1.54) is 6.20 Å². The number of aromatic nitrogens is 1. The van der Waals surface area contributed by atoms with Gasteiger partial charge in [-0.05, 0) is 32.9 Å². The van der Waals surface area contributed by atoms with Crippen molar-refractivity contribution in [3.63, 3.8) is 0 Å². The van der Waals surface area contributed by atoms with Crippen LogP contribution in [0, 0.1) is 6.92 Å². The molecule has 1 N–H and O–H groups in total. The Morgan fingerprint density at radius 2 is 2.18 bits per heavy atom. The third-order valence-electron chi connectivity index (χ3n) is 2.16. The molecule has 1 rings (SSSR count). The summed E-state index contributed by atoms with van der Waals surface area (Å²) in [5.41, 5.74) is 1.26. The van der Waals surface area contributed by atoms with E-state index in [1.54, 1.807) is 26.0 Å². The molecular formula is C12H16N2O3. The SMILES string of the molecule is CCOC(=O)C(C)NC(=O)c1ccc(C)nc1. The normalized spacial score (nSPS) is 11.7. The zero-order valence-corrected chi connectivity index (χ0v) is 10.2. The summed E-state index contributed by atoms with van der Waals surface area (Å²) in [4.78, 5) is 27.0. The summed E-state index contributed by atoms with van der Waals surface area (Å²) >= 11 is 0. The van der Waals surface area contributed by atoms with E-state index < -0.39 is 12.0 Å². The minimum atomic E-state index is -0.663. The van der Waals surface area contributed by atoms with Gasteiger partial charge in [0.1, 0.15) is 6.04 Å². The summed E-state index contributed by atoms with van der Waals surface area (Å²) in [6.45, 7) is 5.43. The first-order valence-electron chi connectivity index (χ1n) is 5.44. The third-order valence-corrected chi connectivity index (χ3v) is 2.16. The second kappa shape index (κ2) is 5.98. The van der Waals surface area contributed by atoms with Crippen LogP contribution in [0.1, 0.15) is 29.9 Å². The Hall–Kier alpha value is -1.91. The van der Waals surface area contributed by atoms with Crippen LogP contribution in [-0.4, -0.2) is 29.5 Å². The maximum Gasteiger partial charge on any atom is 0.328 e. The Labute approximate surface area is 100 Å². The first kappa shape index (κ1) is 13.2. The molecule has 0 bridgehead atoms. The summed E-state index contributed by atoms with van der Waals surface area (Å²) in [6, 6.07) is 2.74. The molecule has 1 aromatic heterocycles. The van der Waals surface area contributed by atoms with E-state index in [9.17, 15) is 9.59 Å². The van der Waals surface area contributed by atoms with Gasteiger partial charge in [0.05, 0.1) is 12.2 Å². The molecule has 0 aliphatic carbocycles. The summed E-state index contributed by atoms with van der Waals surface area (Å²) < 4.78 is 4.79. The summed E-state index contributed by atoms with van der Waals surface area (Å²) in [5, 5.41) is 2.55. The second-order valence-corrected chi connectivity index (χ2v) is 3.64. The minimum absolute atomic E-state index is 0.297. The molecular weight excluding hydrogens is 220 g/mol. The molecule has 5 nitrogen and oxygen atoms in total. The van der Waals surface area contributed by atoms with Crippen molar-refractivity contribution in [3.8, 4) is 0 Å². The van der Waals surface area contributed by atoms with Gasteiger partial charge in [-0.25, -0.2) is 4.79 Å². The summed E-state index contributed by atoms with van der Waals surface area (Å²) in [5.74, 6) is -0.779. The molecule has 0 spiro atoms. The van der Waals surface area contributed by atoms with E-state index in [1.807, 2.05) is 6.92 Å². The summed E-state index contributed by atoms with van der Waals surface area (Å²) in [6.07, 6.45) is 1.47. The first-order valence-corrected chi connectivity index (χ1v) is 5.44. The number of aryl methyl sites for hydroxylation is 1. The van der Waals surface area contributed by atoms with Crippen LogP contribution in [0.5, 0.6) is 0 Å². The van der Waals surface area contributed by atoms with Crippen molar-refractivity contribution >= 4 is 11.9 Å². The number of amides is 1. The highest BCUT2D eigenvalue weighted by atomic mass is 16.5. The standard InChI is InChI=1S/C12H16N2O3/c1-4-17-12(16)9(3)14-11(15)10-6-5-8(2)13-7-10/h5-7,9H,4H2,1-3H3,(H,14,15). The van der Waals surface area contributed by atoms with Crippen molar-refractivity contribution < 1.29 is 14.3 Å². The third kappa shape index (κ3) is 3.86. The predicted molar refractivity (Wildman–Crippen MR) is 62.5 cm³/mol. The second-order valence-electron chi connectivity index (χ2n) is 3.64. The molecule has 0 radical (unpaired) electrons.